The molecule has 0 fully saturated rings. The van der Waals surface area contributed by atoms with Crippen molar-refractivity contribution in [1.82, 2.24) is 14.8 Å². The Hall–Kier alpha value is -2.19. The zero-order valence-electron chi connectivity index (χ0n) is 10.5. The van der Waals surface area contributed by atoms with E-state index >= 15 is 0 Å². The number of alkyl halides is 3. The van der Waals surface area contributed by atoms with Crippen molar-refractivity contribution in [3.63, 3.8) is 0 Å². The Morgan fingerprint density at radius 3 is 2.43 bits per heavy atom. The molecule has 112 valence electrons. The molecule has 2 aromatic rings. The predicted octanol–water partition coefficient (Wildman–Crippen LogP) is 2.98. The third kappa shape index (κ3) is 2.55. The number of nitrogens with zero attached hydrogens (tertiary/aromatic N) is 3. The standard InChI is InChI=1S/C12H9F5N4/c13-7-3-6(4-8(14)5-7)9-1-2-18-11-19-10(12(15,16)17)20-21(9)11/h3-5,9H,1-2H2,(H,18,19,20). The molecule has 0 bridgehead atoms. The number of hydrogen-bond donors (Lipinski definition) is 1. The predicted molar refractivity (Wildman–Crippen MR) is 62.6 cm³/mol. The van der Waals surface area contributed by atoms with Gasteiger partial charge < -0.3 is 5.32 Å². The van der Waals surface area contributed by atoms with E-state index < -0.39 is 29.7 Å². The van der Waals surface area contributed by atoms with E-state index in [1.807, 2.05) is 0 Å². The van der Waals surface area contributed by atoms with Crippen LogP contribution >= 0.6 is 0 Å². The van der Waals surface area contributed by atoms with E-state index in [1.165, 1.54) is 0 Å². The highest BCUT2D eigenvalue weighted by Crippen LogP contribution is 2.33. The van der Waals surface area contributed by atoms with Crippen LogP contribution in [0, 0.1) is 11.6 Å². The molecule has 1 aromatic carbocycles. The maximum absolute atomic E-state index is 13.3. The first-order chi connectivity index (χ1) is 9.84. The maximum atomic E-state index is 13.3. The van der Waals surface area contributed by atoms with Crippen molar-refractivity contribution in [3.05, 3.63) is 41.2 Å². The van der Waals surface area contributed by atoms with E-state index in [1.54, 1.807) is 0 Å². The third-order valence-electron chi connectivity index (χ3n) is 3.15. The van der Waals surface area contributed by atoms with Gasteiger partial charge in [0.2, 0.25) is 5.95 Å². The summed E-state index contributed by atoms with van der Waals surface area (Å²) in [5.41, 5.74) is 0.217. The summed E-state index contributed by atoms with van der Waals surface area (Å²) in [6.07, 6.45) is -4.33. The van der Waals surface area contributed by atoms with Gasteiger partial charge in [0.15, 0.2) is 0 Å². The molecule has 1 aliphatic rings. The SMILES string of the molecule is Fc1cc(F)cc(C2CCNc3nc(C(F)(F)F)nn32)c1. The Bertz CT molecular complexity index is 659. The minimum Gasteiger partial charge on any atom is -0.354 e. The van der Waals surface area contributed by atoms with Gasteiger partial charge >= 0.3 is 6.18 Å². The van der Waals surface area contributed by atoms with E-state index in [2.05, 4.69) is 15.4 Å². The molecular weight excluding hydrogens is 295 g/mol. The van der Waals surface area contributed by atoms with Gasteiger partial charge in [-0.05, 0) is 24.1 Å². The molecule has 0 aliphatic carbocycles. The van der Waals surface area contributed by atoms with Crippen molar-refractivity contribution in [2.45, 2.75) is 18.6 Å². The van der Waals surface area contributed by atoms with Crippen LogP contribution in [0.2, 0.25) is 0 Å². The average Bonchev–Trinajstić information content (AvgIpc) is 2.80. The van der Waals surface area contributed by atoms with Gasteiger partial charge in [0.05, 0.1) is 6.04 Å². The second kappa shape index (κ2) is 4.68. The molecule has 1 aliphatic heterocycles. The molecule has 1 aromatic heterocycles. The Balaban J connectivity index is 2.06. The number of aromatic nitrogens is 3. The molecule has 2 heterocycles. The Morgan fingerprint density at radius 1 is 1.14 bits per heavy atom. The van der Waals surface area contributed by atoms with Crippen LogP contribution < -0.4 is 5.32 Å². The summed E-state index contributed by atoms with van der Waals surface area (Å²) in [5, 5.41) is 6.10. The van der Waals surface area contributed by atoms with Gasteiger partial charge in [0, 0.05) is 12.6 Å². The number of benzene rings is 1. The highest BCUT2D eigenvalue weighted by Gasteiger charge is 2.39. The number of hydrogen-bond acceptors (Lipinski definition) is 3. The molecule has 1 atom stereocenters. The lowest BCUT2D eigenvalue weighted by Gasteiger charge is -2.24. The van der Waals surface area contributed by atoms with E-state index in [-0.39, 0.29) is 11.5 Å². The van der Waals surface area contributed by atoms with E-state index in [0.29, 0.717) is 19.0 Å². The van der Waals surface area contributed by atoms with E-state index in [4.69, 9.17) is 0 Å². The first-order valence-electron chi connectivity index (χ1n) is 6.08. The van der Waals surface area contributed by atoms with E-state index in [9.17, 15) is 22.0 Å². The minimum absolute atomic E-state index is 0.0664. The Morgan fingerprint density at radius 2 is 1.81 bits per heavy atom. The van der Waals surface area contributed by atoms with Crippen LogP contribution in [-0.2, 0) is 6.18 Å². The molecule has 9 heteroatoms. The summed E-state index contributed by atoms with van der Waals surface area (Å²) in [5.74, 6) is -2.93. The molecule has 4 nitrogen and oxygen atoms in total. The molecular formula is C12H9F5N4. The summed E-state index contributed by atoms with van der Waals surface area (Å²) in [6.45, 7) is 0.332. The van der Waals surface area contributed by atoms with Gasteiger partial charge in [-0.1, -0.05) is 0 Å². The third-order valence-corrected chi connectivity index (χ3v) is 3.15. The second-order valence-corrected chi connectivity index (χ2v) is 4.64. The van der Waals surface area contributed by atoms with Gasteiger partial charge in [0.25, 0.3) is 5.82 Å². The lowest BCUT2D eigenvalue weighted by Crippen LogP contribution is -2.25. The quantitative estimate of drug-likeness (QED) is 0.824. The zero-order valence-corrected chi connectivity index (χ0v) is 10.5. The molecule has 1 N–H and O–H groups in total. The van der Waals surface area contributed by atoms with Crippen molar-refractivity contribution in [2.75, 3.05) is 11.9 Å². The Kier molecular flexibility index (Phi) is 3.07. The van der Waals surface area contributed by atoms with Gasteiger partial charge in [-0.25, -0.2) is 13.5 Å². The largest absolute Gasteiger partial charge is 0.453 e. The second-order valence-electron chi connectivity index (χ2n) is 4.64. The molecule has 0 spiro atoms. The smallest absolute Gasteiger partial charge is 0.354 e. The van der Waals surface area contributed by atoms with E-state index in [0.717, 1.165) is 16.8 Å². The summed E-state index contributed by atoms with van der Waals surface area (Å²) < 4.78 is 65.5. The average molecular weight is 304 g/mol. The molecule has 21 heavy (non-hydrogen) atoms. The first-order valence-corrected chi connectivity index (χ1v) is 6.08. The van der Waals surface area contributed by atoms with Crippen LogP contribution in [0.3, 0.4) is 0 Å². The first kappa shape index (κ1) is 13.8. The Labute approximate surface area is 115 Å². The van der Waals surface area contributed by atoms with Crippen LogP contribution in [0.4, 0.5) is 27.9 Å². The minimum atomic E-state index is -4.68. The lowest BCUT2D eigenvalue weighted by atomic mass is 10.0. The van der Waals surface area contributed by atoms with Gasteiger partial charge in [-0.2, -0.15) is 18.2 Å². The summed E-state index contributed by atoms with van der Waals surface area (Å²) in [7, 11) is 0. The van der Waals surface area contributed by atoms with Crippen molar-refractivity contribution in [1.29, 1.82) is 0 Å². The molecule has 1 unspecified atom stereocenters. The fourth-order valence-corrected chi connectivity index (χ4v) is 2.30. The van der Waals surface area contributed by atoms with Crippen molar-refractivity contribution in [3.8, 4) is 0 Å². The molecule has 3 rings (SSSR count). The topological polar surface area (TPSA) is 42.7 Å². The maximum Gasteiger partial charge on any atom is 0.453 e. The zero-order chi connectivity index (χ0) is 15.2. The number of nitrogens with one attached hydrogen (secondary N) is 1. The van der Waals surface area contributed by atoms with Gasteiger partial charge in [0.1, 0.15) is 11.6 Å². The highest BCUT2D eigenvalue weighted by molar-refractivity contribution is 5.33. The fraction of sp³-hybridized carbons (Fsp3) is 0.333. The van der Waals surface area contributed by atoms with Crippen LogP contribution in [0.25, 0.3) is 0 Å². The van der Waals surface area contributed by atoms with Crippen molar-refractivity contribution in [2.24, 2.45) is 0 Å². The van der Waals surface area contributed by atoms with Crippen LogP contribution in [-0.4, -0.2) is 21.3 Å². The van der Waals surface area contributed by atoms with Crippen molar-refractivity contribution >= 4 is 5.95 Å². The lowest BCUT2D eigenvalue weighted by molar-refractivity contribution is -0.145. The monoisotopic (exact) mass is 304 g/mol. The van der Waals surface area contributed by atoms with Gasteiger partial charge in [-0.15, -0.1) is 5.10 Å². The van der Waals surface area contributed by atoms with Crippen molar-refractivity contribution < 1.29 is 22.0 Å². The highest BCUT2D eigenvalue weighted by atomic mass is 19.4. The van der Waals surface area contributed by atoms with Crippen LogP contribution in [0.5, 0.6) is 0 Å². The van der Waals surface area contributed by atoms with Crippen LogP contribution in [0.15, 0.2) is 18.2 Å². The normalized spacial score (nSPS) is 18.2. The van der Waals surface area contributed by atoms with Crippen LogP contribution in [0.1, 0.15) is 23.9 Å². The van der Waals surface area contributed by atoms with Gasteiger partial charge in [-0.3, -0.25) is 0 Å². The molecule has 0 saturated heterocycles. The number of rotatable bonds is 1. The molecule has 0 saturated carbocycles. The summed E-state index contributed by atoms with van der Waals surface area (Å²) in [4.78, 5) is 3.37. The summed E-state index contributed by atoms with van der Waals surface area (Å²) in [6, 6.07) is 2.17. The molecule has 0 amide bonds. The number of fused-ring (bicyclic) bond motifs is 1. The number of anilines is 1. The fourth-order valence-electron chi connectivity index (χ4n) is 2.30. The number of halogens is 5. The molecule has 0 radical (unpaired) electrons. The summed E-state index contributed by atoms with van der Waals surface area (Å²) >= 11 is 0.